The fourth-order valence-electron chi connectivity index (χ4n) is 2.73. The highest BCUT2D eigenvalue weighted by molar-refractivity contribution is 5.81. The molecule has 1 amide bonds. The molecule has 4 heteroatoms. The molecule has 0 radical (unpaired) electrons. The Labute approximate surface area is 104 Å². The van der Waals surface area contributed by atoms with Crippen molar-refractivity contribution in [1.29, 1.82) is 0 Å². The Morgan fingerprint density at radius 3 is 2.65 bits per heavy atom. The Morgan fingerprint density at radius 1 is 1.35 bits per heavy atom. The average Bonchev–Trinajstić information content (AvgIpc) is 2.90. The van der Waals surface area contributed by atoms with Gasteiger partial charge >= 0.3 is 0 Å². The lowest BCUT2D eigenvalue weighted by Gasteiger charge is -2.26. The van der Waals surface area contributed by atoms with Gasteiger partial charge in [-0.3, -0.25) is 4.79 Å². The fourth-order valence-corrected chi connectivity index (χ4v) is 2.73. The van der Waals surface area contributed by atoms with Crippen LogP contribution in [0.3, 0.4) is 0 Å². The minimum Gasteiger partial charge on any atom is -0.341 e. The van der Waals surface area contributed by atoms with Crippen molar-refractivity contribution in [3.05, 3.63) is 0 Å². The summed E-state index contributed by atoms with van der Waals surface area (Å²) in [5.41, 5.74) is 0. The van der Waals surface area contributed by atoms with Gasteiger partial charge in [-0.1, -0.05) is 0 Å². The summed E-state index contributed by atoms with van der Waals surface area (Å²) < 4.78 is 0. The molecule has 0 saturated carbocycles. The lowest BCUT2D eigenvalue weighted by molar-refractivity contribution is -0.132. The highest BCUT2D eigenvalue weighted by Crippen LogP contribution is 2.12. The van der Waals surface area contributed by atoms with E-state index in [0.717, 1.165) is 38.6 Å². The second kappa shape index (κ2) is 6.36. The van der Waals surface area contributed by atoms with E-state index in [-0.39, 0.29) is 11.9 Å². The van der Waals surface area contributed by atoms with Crippen molar-refractivity contribution in [3.63, 3.8) is 0 Å². The molecule has 1 atom stereocenters. The van der Waals surface area contributed by atoms with E-state index in [2.05, 4.69) is 10.6 Å². The Balaban J connectivity index is 1.68. The lowest BCUT2D eigenvalue weighted by Crippen LogP contribution is -2.46. The van der Waals surface area contributed by atoms with E-state index < -0.39 is 0 Å². The Morgan fingerprint density at radius 2 is 2.00 bits per heavy atom. The first-order valence-electron chi connectivity index (χ1n) is 7.00. The molecule has 2 rings (SSSR count). The van der Waals surface area contributed by atoms with Crippen molar-refractivity contribution in [1.82, 2.24) is 15.5 Å². The van der Waals surface area contributed by atoms with Gasteiger partial charge in [-0.2, -0.15) is 0 Å². The second-order valence-electron chi connectivity index (χ2n) is 5.36. The van der Waals surface area contributed by atoms with Crippen LogP contribution in [0.2, 0.25) is 0 Å². The quantitative estimate of drug-likeness (QED) is 0.754. The van der Waals surface area contributed by atoms with Crippen LogP contribution in [0.1, 0.15) is 32.6 Å². The van der Waals surface area contributed by atoms with Gasteiger partial charge in [0, 0.05) is 13.1 Å². The molecule has 2 aliphatic heterocycles. The van der Waals surface area contributed by atoms with Crippen LogP contribution < -0.4 is 10.6 Å². The molecule has 2 saturated heterocycles. The maximum Gasteiger partial charge on any atom is 0.239 e. The molecule has 17 heavy (non-hydrogen) atoms. The van der Waals surface area contributed by atoms with Crippen LogP contribution in [0.15, 0.2) is 0 Å². The van der Waals surface area contributed by atoms with Gasteiger partial charge in [-0.25, -0.2) is 0 Å². The third-order valence-corrected chi connectivity index (χ3v) is 3.96. The summed E-state index contributed by atoms with van der Waals surface area (Å²) in [6.07, 6.45) is 4.81. The third-order valence-electron chi connectivity index (χ3n) is 3.96. The Bertz CT molecular complexity index is 245. The smallest absolute Gasteiger partial charge is 0.239 e. The first-order valence-corrected chi connectivity index (χ1v) is 7.00. The number of amides is 1. The molecule has 0 spiro atoms. The zero-order valence-corrected chi connectivity index (χ0v) is 10.9. The zero-order chi connectivity index (χ0) is 12.1. The van der Waals surface area contributed by atoms with E-state index in [0.29, 0.717) is 0 Å². The van der Waals surface area contributed by atoms with Gasteiger partial charge in [0.05, 0.1) is 6.04 Å². The first-order chi connectivity index (χ1) is 8.27. The molecule has 98 valence electrons. The normalized spacial score (nSPS) is 23.9. The summed E-state index contributed by atoms with van der Waals surface area (Å²) in [5, 5.41) is 6.78. The van der Waals surface area contributed by atoms with E-state index in [1.807, 2.05) is 11.8 Å². The molecule has 0 bridgehead atoms. The van der Waals surface area contributed by atoms with Gasteiger partial charge in [0.2, 0.25) is 5.91 Å². The minimum atomic E-state index is -0.0111. The van der Waals surface area contributed by atoms with E-state index in [9.17, 15) is 4.79 Å². The molecule has 1 unspecified atom stereocenters. The number of nitrogens with zero attached hydrogens (tertiary/aromatic N) is 1. The molecular weight excluding hydrogens is 214 g/mol. The second-order valence-corrected chi connectivity index (χ2v) is 5.36. The number of carbonyl (C=O) groups is 1. The first kappa shape index (κ1) is 12.8. The summed E-state index contributed by atoms with van der Waals surface area (Å²) in [4.78, 5) is 14.1. The summed E-state index contributed by atoms with van der Waals surface area (Å²) in [6, 6.07) is -0.0111. The number of piperidine rings is 1. The van der Waals surface area contributed by atoms with E-state index in [1.165, 1.54) is 25.7 Å². The van der Waals surface area contributed by atoms with Crippen LogP contribution in [0, 0.1) is 5.92 Å². The molecule has 2 heterocycles. The molecule has 0 aromatic carbocycles. The number of rotatable bonds is 4. The summed E-state index contributed by atoms with van der Waals surface area (Å²) in [6.45, 7) is 7.15. The third kappa shape index (κ3) is 3.68. The maximum absolute atomic E-state index is 12.1. The van der Waals surface area contributed by atoms with Crippen molar-refractivity contribution >= 4 is 5.91 Å². The molecular formula is C13H25N3O. The topological polar surface area (TPSA) is 44.4 Å². The van der Waals surface area contributed by atoms with Crippen molar-refractivity contribution in [3.8, 4) is 0 Å². The van der Waals surface area contributed by atoms with Crippen molar-refractivity contribution in [2.45, 2.75) is 38.6 Å². The van der Waals surface area contributed by atoms with E-state index in [4.69, 9.17) is 0 Å². The van der Waals surface area contributed by atoms with Crippen LogP contribution in [0.4, 0.5) is 0 Å². The highest BCUT2D eigenvalue weighted by atomic mass is 16.2. The Kier molecular flexibility index (Phi) is 4.80. The van der Waals surface area contributed by atoms with Crippen LogP contribution >= 0.6 is 0 Å². The van der Waals surface area contributed by atoms with Crippen molar-refractivity contribution in [2.75, 3.05) is 32.7 Å². The number of hydrogen-bond acceptors (Lipinski definition) is 3. The van der Waals surface area contributed by atoms with Gasteiger partial charge in [0.25, 0.3) is 0 Å². The molecule has 2 aliphatic rings. The van der Waals surface area contributed by atoms with Gasteiger partial charge < -0.3 is 15.5 Å². The average molecular weight is 239 g/mol. The van der Waals surface area contributed by atoms with Gasteiger partial charge in [0.15, 0.2) is 0 Å². The standard InChI is InChI=1S/C13H25N3O/c1-11(13(17)16-8-2-3-9-16)15-10-12-4-6-14-7-5-12/h11-12,14-15H,2-10H2,1H3. The molecule has 2 N–H and O–H groups in total. The summed E-state index contributed by atoms with van der Waals surface area (Å²) in [5.74, 6) is 1.03. The molecule has 4 nitrogen and oxygen atoms in total. The zero-order valence-electron chi connectivity index (χ0n) is 10.9. The molecule has 0 aromatic rings. The largest absolute Gasteiger partial charge is 0.341 e. The fraction of sp³-hybridized carbons (Fsp3) is 0.923. The Hall–Kier alpha value is -0.610. The van der Waals surface area contributed by atoms with Gasteiger partial charge in [0.1, 0.15) is 0 Å². The predicted molar refractivity (Wildman–Crippen MR) is 68.9 cm³/mol. The number of hydrogen-bond donors (Lipinski definition) is 2. The highest BCUT2D eigenvalue weighted by Gasteiger charge is 2.23. The van der Waals surface area contributed by atoms with Gasteiger partial charge in [-0.15, -0.1) is 0 Å². The molecule has 0 aromatic heterocycles. The maximum atomic E-state index is 12.1. The summed E-state index contributed by atoms with van der Waals surface area (Å²) in [7, 11) is 0. The number of carbonyl (C=O) groups excluding carboxylic acids is 1. The van der Waals surface area contributed by atoms with Crippen molar-refractivity contribution in [2.24, 2.45) is 5.92 Å². The molecule has 2 fully saturated rings. The monoisotopic (exact) mass is 239 g/mol. The van der Waals surface area contributed by atoms with Crippen LogP contribution in [-0.4, -0.2) is 49.6 Å². The molecule has 0 aliphatic carbocycles. The number of likely N-dealkylation sites (tertiary alicyclic amines) is 1. The van der Waals surface area contributed by atoms with Crippen molar-refractivity contribution < 1.29 is 4.79 Å². The number of nitrogens with one attached hydrogen (secondary N) is 2. The summed E-state index contributed by atoms with van der Waals surface area (Å²) >= 11 is 0. The van der Waals surface area contributed by atoms with Gasteiger partial charge in [-0.05, 0) is 58.2 Å². The van der Waals surface area contributed by atoms with E-state index in [1.54, 1.807) is 0 Å². The van der Waals surface area contributed by atoms with Crippen LogP contribution in [0.25, 0.3) is 0 Å². The van der Waals surface area contributed by atoms with E-state index >= 15 is 0 Å². The van der Waals surface area contributed by atoms with Crippen LogP contribution in [0.5, 0.6) is 0 Å². The lowest BCUT2D eigenvalue weighted by atomic mass is 9.98. The predicted octanol–water partition coefficient (Wildman–Crippen LogP) is 0.587. The SMILES string of the molecule is CC(NCC1CCNCC1)C(=O)N1CCCC1. The van der Waals surface area contributed by atoms with Crippen LogP contribution in [-0.2, 0) is 4.79 Å². The minimum absolute atomic E-state index is 0.0111.